The second-order valence-corrected chi connectivity index (χ2v) is 17.5. The van der Waals surface area contributed by atoms with Crippen LogP contribution in [0.5, 0.6) is 0 Å². The predicted molar refractivity (Wildman–Crippen MR) is 169 cm³/mol. The van der Waals surface area contributed by atoms with E-state index in [0.29, 0.717) is 30.6 Å². The van der Waals surface area contributed by atoms with Crippen molar-refractivity contribution in [3.8, 4) is 0 Å². The normalized spacial score (nSPS) is 45.8. The number of esters is 1. The summed E-state index contributed by atoms with van der Waals surface area (Å²) in [4.78, 5) is 49.2. The third-order valence-corrected chi connectivity index (χ3v) is 15.1. The summed E-state index contributed by atoms with van der Waals surface area (Å²) in [5, 5.41) is 22.9. The lowest BCUT2D eigenvalue weighted by molar-refractivity contribution is -0.494. The molecular weight excluding hydrogens is 570 g/mol. The Balaban J connectivity index is 1.27. The molecule has 0 spiro atoms. The number of carbonyl (C=O) groups is 3. The molecule has 8 nitrogen and oxygen atoms in total. The highest BCUT2D eigenvalue weighted by Crippen LogP contribution is 2.73. The maximum absolute atomic E-state index is 13.6. The second kappa shape index (κ2) is 11.0. The fraction of sp³-hybridized carbons (Fsp3) is 0.865. The van der Waals surface area contributed by atoms with Gasteiger partial charge < -0.3 is 14.6 Å². The molecule has 45 heavy (non-hydrogen) atoms. The second-order valence-electron chi connectivity index (χ2n) is 17.5. The number of hydrogen-bond acceptors (Lipinski definition) is 7. The smallest absolute Gasteiger partial charge is 0.309 e. The molecule has 6 aliphatic rings. The Morgan fingerprint density at radius 2 is 1.73 bits per heavy atom. The summed E-state index contributed by atoms with van der Waals surface area (Å²) in [5.74, 6) is 1.28. The third-order valence-electron chi connectivity index (χ3n) is 15.1. The highest BCUT2D eigenvalue weighted by atomic mass is 16.6. The number of aliphatic hydroxyl groups excluding tert-OH is 1. The number of ketones is 1. The van der Waals surface area contributed by atoms with Gasteiger partial charge in [0.25, 0.3) is 0 Å². The molecule has 0 bridgehead atoms. The number of rotatable bonds is 7. The predicted octanol–water partition coefficient (Wildman–Crippen LogP) is 6.60. The van der Waals surface area contributed by atoms with Gasteiger partial charge in [-0.15, -0.1) is 0 Å². The van der Waals surface area contributed by atoms with Gasteiger partial charge in [0, 0.05) is 28.1 Å². The number of hydrogen-bond donors (Lipinski definition) is 1. The molecule has 250 valence electrons. The van der Waals surface area contributed by atoms with E-state index in [4.69, 9.17) is 4.74 Å². The van der Waals surface area contributed by atoms with Crippen LogP contribution in [0.15, 0.2) is 11.1 Å². The van der Waals surface area contributed by atoms with Crippen molar-refractivity contribution < 1.29 is 29.2 Å². The highest BCUT2D eigenvalue weighted by molar-refractivity contribution is 6.00. The molecule has 0 aliphatic heterocycles. The number of aliphatic hydroxyl groups is 1. The minimum Gasteiger partial charge on any atom is -0.462 e. The van der Waals surface area contributed by atoms with Gasteiger partial charge in [0.15, 0.2) is 5.78 Å². The quantitative estimate of drug-likeness (QED) is 0.146. The van der Waals surface area contributed by atoms with Crippen molar-refractivity contribution in [3.63, 3.8) is 0 Å². The van der Waals surface area contributed by atoms with Gasteiger partial charge in [0.05, 0.1) is 5.92 Å². The van der Waals surface area contributed by atoms with E-state index < -0.39 is 23.0 Å². The Morgan fingerprint density at radius 1 is 1.04 bits per heavy atom. The van der Waals surface area contributed by atoms with Gasteiger partial charge in [-0.3, -0.25) is 19.7 Å². The van der Waals surface area contributed by atoms with E-state index in [1.165, 1.54) is 0 Å². The summed E-state index contributed by atoms with van der Waals surface area (Å²) in [7, 11) is 0. The zero-order valence-corrected chi connectivity index (χ0v) is 28.5. The van der Waals surface area contributed by atoms with E-state index in [-0.39, 0.29) is 70.1 Å². The van der Waals surface area contributed by atoms with Crippen molar-refractivity contribution in [2.75, 3.05) is 6.54 Å². The number of ether oxygens (including phenoxy) is 1. The minimum absolute atomic E-state index is 0.0285. The lowest BCUT2D eigenvalue weighted by Crippen LogP contribution is -2.63. The molecule has 6 rings (SSSR count). The van der Waals surface area contributed by atoms with E-state index in [0.717, 1.165) is 62.4 Å². The maximum Gasteiger partial charge on any atom is 0.309 e. The third kappa shape index (κ3) is 4.64. The molecule has 0 amide bonds. The van der Waals surface area contributed by atoms with Crippen LogP contribution in [-0.4, -0.2) is 46.8 Å². The first kappa shape index (κ1) is 32.8. The van der Waals surface area contributed by atoms with E-state index in [2.05, 4.69) is 41.5 Å². The molecule has 0 heterocycles. The summed E-state index contributed by atoms with van der Waals surface area (Å²) in [6.07, 6.45) is 8.02. The summed E-state index contributed by atoms with van der Waals surface area (Å²) >= 11 is 0. The molecule has 1 N–H and O–H groups in total. The number of Topliss-reactive ketones (excluding diaryl/α,β-unsaturated/α-hetero) is 1. The standard InChI is InChI=1S/C37H55NO7/c1-20(2)31-26(40)17-37(29(41)18-38(43)44)15-10-25-23(32(31)37)8-9-28-35(25,6)13-11-27-34(4,5)30(12-14-36(27,28)7)45-33(42)24-16-22(19-39)21(24)3/h19-25,27-30,41H,8-18H2,1-7H3. The SMILES string of the molecule is CC(C)C1=C2C3CCC4C(C)(CCC5C(C)(C)C(OC(=O)C6CC(C=O)C6C)CCC54C)C3CCC2(C(O)C[N+](=O)[O-])CC1=O. The number of nitrogens with zero attached hydrogens (tertiary/aromatic N) is 1. The molecule has 12 atom stereocenters. The fourth-order valence-electron chi connectivity index (χ4n) is 12.8. The van der Waals surface area contributed by atoms with Crippen LogP contribution < -0.4 is 0 Å². The van der Waals surface area contributed by atoms with Crippen molar-refractivity contribution >= 4 is 18.0 Å². The zero-order valence-electron chi connectivity index (χ0n) is 28.5. The number of nitro groups is 1. The Hall–Kier alpha value is -2.09. The van der Waals surface area contributed by atoms with Gasteiger partial charge in [-0.1, -0.05) is 54.0 Å². The molecule has 0 saturated heterocycles. The van der Waals surface area contributed by atoms with Gasteiger partial charge >= 0.3 is 5.97 Å². The van der Waals surface area contributed by atoms with Crippen LogP contribution >= 0.6 is 0 Å². The first-order valence-corrected chi connectivity index (χ1v) is 17.8. The first-order valence-electron chi connectivity index (χ1n) is 17.8. The molecule has 8 heteroatoms. The monoisotopic (exact) mass is 625 g/mol. The van der Waals surface area contributed by atoms with Crippen LogP contribution in [0.3, 0.4) is 0 Å². The highest BCUT2D eigenvalue weighted by Gasteiger charge is 2.67. The molecule has 6 aliphatic carbocycles. The van der Waals surface area contributed by atoms with Crippen LogP contribution in [0, 0.1) is 79.1 Å². The lowest BCUT2D eigenvalue weighted by atomic mass is 9.36. The molecule has 0 radical (unpaired) electrons. The van der Waals surface area contributed by atoms with Gasteiger partial charge in [-0.2, -0.15) is 0 Å². The van der Waals surface area contributed by atoms with E-state index in [9.17, 15) is 29.6 Å². The van der Waals surface area contributed by atoms with Crippen molar-refractivity contribution in [2.24, 2.45) is 69.0 Å². The molecule has 0 aromatic carbocycles. The summed E-state index contributed by atoms with van der Waals surface area (Å²) in [6.45, 7) is 15.2. The van der Waals surface area contributed by atoms with Gasteiger partial charge in [0.2, 0.25) is 6.54 Å². The Morgan fingerprint density at radius 3 is 2.36 bits per heavy atom. The maximum atomic E-state index is 13.6. The minimum atomic E-state index is -1.14. The largest absolute Gasteiger partial charge is 0.462 e. The number of carbonyl (C=O) groups excluding carboxylic acids is 3. The van der Waals surface area contributed by atoms with Crippen LogP contribution in [0.4, 0.5) is 0 Å². The molecule has 0 aromatic rings. The number of allylic oxidation sites excluding steroid dienone is 1. The lowest BCUT2D eigenvalue weighted by Gasteiger charge is -2.69. The first-order chi connectivity index (χ1) is 21.0. The molecule has 0 aromatic heterocycles. The van der Waals surface area contributed by atoms with Gasteiger partial charge in [-0.05, 0) is 110 Å². The van der Waals surface area contributed by atoms with Crippen molar-refractivity contribution in [2.45, 2.75) is 125 Å². The van der Waals surface area contributed by atoms with Crippen LogP contribution in [0.1, 0.15) is 113 Å². The Bertz CT molecular complexity index is 1300. The van der Waals surface area contributed by atoms with Gasteiger partial charge in [-0.25, -0.2) is 0 Å². The Kier molecular flexibility index (Phi) is 8.01. The molecule has 5 saturated carbocycles. The van der Waals surface area contributed by atoms with Gasteiger partial charge in [0.1, 0.15) is 18.5 Å². The topological polar surface area (TPSA) is 124 Å². The molecular formula is C37H55NO7. The zero-order chi connectivity index (χ0) is 32.9. The Labute approximate surface area is 268 Å². The van der Waals surface area contributed by atoms with Crippen LogP contribution in [0.2, 0.25) is 0 Å². The average Bonchev–Trinajstić information content (AvgIpc) is 3.27. The fourth-order valence-corrected chi connectivity index (χ4v) is 12.8. The van der Waals surface area contributed by atoms with E-state index >= 15 is 0 Å². The summed E-state index contributed by atoms with van der Waals surface area (Å²) in [5.41, 5.74) is 1.12. The summed E-state index contributed by atoms with van der Waals surface area (Å²) in [6, 6.07) is 0. The van der Waals surface area contributed by atoms with Crippen molar-refractivity contribution in [3.05, 3.63) is 21.3 Å². The van der Waals surface area contributed by atoms with Crippen LogP contribution in [0.25, 0.3) is 0 Å². The van der Waals surface area contributed by atoms with Crippen molar-refractivity contribution in [1.82, 2.24) is 0 Å². The van der Waals surface area contributed by atoms with E-state index in [1.54, 1.807) is 0 Å². The number of aldehydes is 1. The molecule has 5 fully saturated rings. The number of fused-ring (bicyclic) bond motifs is 7. The van der Waals surface area contributed by atoms with E-state index in [1.807, 2.05) is 6.92 Å². The van der Waals surface area contributed by atoms with Crippen LogP contribution in [-0.2, 0) is 19.1 Å². The molecule has 12 unspecified atom stereocenters. The van der Waals surface area contributed by atoms with Crippen molar-refractivity contribution in [1.29, 1.82) is 0 Å². The summed E-state index contributed by atoms with van der Waals surface area (Å²) < 4.78 is 6.30. The average molecular weight is 626 g/mol.